The lowest BCUT2D eigenvalue weighted by Gasteiger charge is -2.20. The first-order valence-corrected chi connectivity index (χ1v) is 12.6. The fourth-order valence-corrected chi connectivity index (χ4v) is 4.63. The summed E-state index contributed by atoms with van der Waals surface area (Å²) in [5.41, 5.74) is 6.56. The van der Waals surface area contributed by atoms with Crippen molar-refractivity contribution in [2.75, 3.05) is 13.1 Å². The van der Waals surface area contributed by atoms with E-state index in [0.717, 1.165) is 40.5 Å². The fourth-order valence-electron chi connectivity index (χ4n) is 3.69. The molecule has 35 heavy (non-hydrogen) atoms. The molecule has 4 nitrogen and oxygen atoms in total. The number of hydrazine groups is 1. The molecular formula is C29H34FN3OS. The van der Waals surface area contributed by atoms with Gasteiger partial charge >= 0.3 is 0 Å². The molecule has 2 aliphatic heterocycles. The number of rotatable bonds is 4. The summed E-state index contributed by atoms with van der Waals surface area (Å²) in [5, 5.41) is 2.03. The molecule has 1 amide bonds. The summed E-state index contributed by atoms with van der Waals surface area (Å²) in [5.74, 6) is -0.185. The van der Waals surface area contributed by atoms with Gasteiger partial charge in [0, 0.05) is 46.1 Å². The zero-order valence-corrected chi connectivity index (χ0v) is 21.4. The van der Waals surface area contributed by atoms with E-state index in [-0.39, 0.29) is 11.7 Å². The van der Waals surface area contributed by atoms with Crippen molar-refractivity contribution in [3.63, 3.8) is 0 Å². The zero-order valence-electron chi connectivity index (χ0n) is 20.6. The van der Waals surface area contributed by atoms with E-state index >= 15 is 0 Å². The summed E-state index contributed by atoms with van der Waals surface area (Å²) in [6, 6.07) is 14.7. The summed E-state index contributed by atoms with van der Waals surface area (Å²) < 4.78 is 13.5. The van der Waals surface area contributed by atoms with Crippen LogP contribution in [0.5, 0.6) is 0 Å². The van der Waals surface area contributed by atoms with Crippen LogP contribution in [0.4, 0.5) is 4.39 Å². The van der Waals surface area contributed by atoms with Gasteiger partial charge in [-0.1, -0.05) is 61.0 Å². The Balaban J connectivity index is 0.000000251. The highest BCUT2D eigenvalue weighted by Gasteiger charge is 2.17. The maximum Gasteiger partial charge on any atom is 0.238 e. The molecule has 2 aliphatic rings. The SMILES string of the molecule is C#C.C=CCC(=O)NN1CCCCCC1.CC1=C(C)Sc2ccccc2C(c2cccc(F)c2)=N1. The molecular weight excluding hydrogens is 457 g/mol. The number of nitrogens with one attached hydrogen (secondary N) is 1. The molecule has 0 unspecified atom stereocenters. The molecule has 1 N–H and O–H groups in total. The molecule has 0 aromatic heterocycles. The summed E-state index contributed by atoms with van der Waals surface area (Å²) in [4.78, 5) is 18.2. The Morgan fingerprint density at radius 3 is 2.46 bits per heavy atom. The lowest BCUT2D eigenvalue weighted by molar-refractivity contribution is -0.125. The molecule has 0 radical (unpaired) electrons. The Labute approximate surface area is 213 Å². The van der Waals surface area contributed by atoms with Gasteiger partial charge in [0.2, 0.25) is 5.91 Å². The molecule has 1 saturated heterocycles. The van der Waals surface area contributed by atoms with Crippen LogP contribution in [-0.2, 0) is 4.79 Å². The number of fused-ring (bicyclic) bond motifs is 1. The van der Waals surface area contributed by atoms with Gasteiger partial charge in [0.1, 0.15) is 5.82 Å². The third-order valence-electron chi connectivity index (χ3n) is 5.51. The van der Waals surface area contributed by atoms with E-state index in [2.05, 4.69) is 37.8 Å². The normalized spacial score (nSPS) is 15.5. The summed E-state index contributed by atoms with van der Waals surface area (Å²) in [7, 11) is 0. The first-order chi connectivity index (χ1) is 17.0. The number of amides is 1. The second-order valence-electron chi connectivity index (χ2n) is 8.14. The number of carbonyl (C=O) groups excluding carboxylic acids is 1. The van der Waals surface area contributed by atoms with Crippen LogP contribution in [0.3, 0.4) is 0 Å². The number of allylic oxidation sites excluding steroid dienone is 2. The van der Waals surface area contributed by atoms with Crippen LogP contribution in [0, 0.1) is 18.7 Å². The second kappa shape index (κ2) is 15.0. The maximum atomic E-state index is 13.5. The topological polar surface area (TPSA) is 44.7 Å². The van der Waals surface area contributed by atoms with Crippen molar-refractivity contribution in [3.8, 4) is 12.8 Å². The molecule has 0 aliphatic carbocycles. The third kappa shape index (κ3) is 8.86. The van der Waals surface area contributed by atoms with Gasteiger partial charge in [-0.25, -0.2) is 9.40 Å². The van der Waals surface area contributed by atoms with Gasteiger partial charge in [0.05, 0.1) is 5.71 Å². The molecule has 2 heterocycles. The molecule has 0 atom stereocenters. The van der Waals surface area contributed by atoms with E-state index in [4.69, 9.17) is 4.99 Å². The minimum absolute atomic E-state index is 0.0527. The third-order valence-corrected chi connectivity index (χ3v) is 6.69. The first kappa shape index (κ1) is 28.1. The number of halogens is 1. The number of thioether (sulfide) groups is 1. The Kier molecular flexibility index (Phi) is 12.0. The number of hydrogen-bond acceptors (Lipinski definition) is 4. The Hall–Kier alpha value is -3.14. The summed E-state index contributed by atoms with van der Waals surface area (Å²) in [6.07, 6.45) is 15.0. The van der Waals surface area contributed by atoms with Gasteiger partial charge in [0.15, 0.2) is 0 Å². The fraction of sp³-hybridized carbons (Fsp3) is 0.310. The second-order valence-corrected chi connectivity index (χ2v) is 9.40. The molecule has 0 bridgehead atoms. The first-order valence-electron chi connectivity index (χ1n) is 11.8. The highest BCUT2D eigenvalue weighted by Crippen LogP contribution is 2.36. The van der Waals surface area contributed by atoms with Gasteiger partial charge in [-0.05, 0) is 44.9 Å². The molecule has 1 fully saturated rings. The summed E-state index contributed by atoms with van der Waals surface area (Å²) >= 11 is 1.71. The molecule has 0 saturated carbocycles. The van der Waals surface area contributed by atoms with E-state index in [1.165, 1.54) is 42.7 Å². The smallest absolute Gasteiger partial charge is 0.238 e. The highest BCUT2D eigenvalue weighted by molar-refractivity contribution is 8.03. The minimum atomic E-state index is -0.238. The van der Waals surface area contributed by atoms with Crippen molar-refractivity contribution >= 4 is 23.4 Å². The molecule has 0 spiro atoms. The number of hydrogen-bond donors (Lipinski definition) is 1. The standard InChI is InChI=1S/C17H14FNS.C10H18N2O.C2H2/c1-11-12(2)20-16-9-4-3-8-15(16)17(19-11)13-6-5-7-14(18)10-13;1-2-7-10(13)11-12-8-5-3-4-6-9-12;1-2/h3-10H,1-2H3;2H,1,3-9H2,(H,11,13);1-2H. The van der Waals surface area contributed by atoms with E-state index in [9.17, 15) is 9.18 Å². The molecule has 2 aromatic carbocycles. The van der Waals surface area contributed by atoms with Crippen molar-refractivity contribution in [3.05, 3.63) is 88.7 Å². The van der Waals surface area contributed by atoms with Gasteiger partial charge in [-0.2, -0.15) is 0 Å². The Morgan fingerprint density at radius 1 is 1.11 bits per heavy atom. The predicted molar refractivity (Wildman–Crippen MR) is 146 cm³/mol. The van der Waals surface area contributed by atoms with Crippen LogP contribution in [0.25, 0.3) is 0 Å². The zero-order chi connectivity index (χ0) is 25.6. The number of benzene rings is 2. The average molecular weight is 492 g/mol. The molecule has 6 heteroatoms. The van der Waals surface area contributed by atoms with Crippen molar-refractivity contribution < 1.29 is 9.18 Å². The lowest BCUT2D eigenvalue weighted by atomic mass is 10.0. The van der Waals surface area contributed by atoms with E-state index in [0.29, 0.717) is 6.42 Å². The average Bonchev–Trinajstić information content (AvgIpc) is 3.19. The Morgan fingerprint density at radius 2 is 1.80 bits per heavy atom. The van der Waals surface area contributed by atoms with E-state index in [1.807, 2.05) is 36.2 Å². The number of carbonyl (C=O) groups is 1. The van der Waals surface area contributed by atoms with Crippen LogP contribution in [0.2, 0.25) is 0 Å². The minimum Gasteiger partial charge on any atom is -0.289 e. The van der Waals surface area contributed by atoms with Crippen LogP contribution >= 0.6 is 11.8 Å². The van der Waals surface area contributed by atoms with E-state index < -0.39 is 0 Å². The van der Waals surface area contributed by atoms with Crippen molar-refractivity contribution in [2.45, 2.75) is 50.8 Å². The van der Waals surface area contributed by atoms with Crippen LogP contribution in [0.1, 0.15) is 57.1 Å². The van der Waals surface area contributed by atoms with E-state index in [1.54, 1.807) is 23.9 Å². The predicted octanol–water partition coefficient (Wildman–Crippen LogP) is 6.74. The maximum absolute atomic E-state index is 13.5. The van der Waals surface area contributed by atoms with Gasteiger partial charge < -0.3 is 0 Å². The van der Waals surface area contributed by atoms with Gasteiger partial charge in [-0.15, -0.1) is 19.4 Å². The largest absolute Gasteiger partial charge is 0.289 e. The van der Waals surface area contributed by atoms with Gasteiger partial charge in [0.25, 0.3) is 0 Å². The molecule has 4 rings (SSSR count). The lowest BCUT2D eigenvalue weighted by Crippen LogP contribution is -2.42. The van der Waals surface area contributed by atoms with Gasteiger partial charge in [-0.3, -0.25) is 15.2 Å². The van der Waals surface area contributed by atoms with Crippen LogP contribution in [0.15, 0.2) is 81.7 Å². The highest BCUT2D eigenvalue weighted by atomic mass is 32.2. The van der Waals surface area contributed by atoms with Crippen molar-refractivity contribution in [2.24, 2.45) is 4.99 Å². The van der Waals surface area contributed by atoms with Crippen molar-refractivity contribution in [1.29, 1.82) is 0 Å². The summed E-state index contributed by atoms with van der Waals surface area (Å²) in [6.45, 7) is 9.57. The number of aliphatic imine (C=N–C) groups is 1. The Bertz CT molecular complexity index is 1080. The number of terminal acetylenes is 1. The molecule has 2 aromatic rings. The van der Waals surface area contributed by atoms with Crippen LogP contribution in [-0.4, -0.2) is 29.7 Å². The quantitative estimate of drug-likeness (QED) is 0.381. The van der Waals surface area contributed by atoms with Crippen molar-refractivity contribution in [1.82, 2.24) is 10.4 Å². The monoisotopic (exact) mass is 491 g/mol. The van der Waals surface area contributed by atoms with Crippen LogP contribution < -0.4 is 5.43 Å². The number of nitrogens with zero attached hydrogens (tertiary/aromatic N) is 2. The molecule has 184 valence electrons.